The van der Waals surface area contributed by atoms with E-state index in [0.717, 1.165) is 11.3 Å². The van der Waals surface area contributed by atoms with Crippen LogP contribution in [-0.2, 0) is 0 Å². The van der Waals surface area contributed by atoms with Gasteiger partial charge in [-0.25, -0.2) is 4.68 Å². The first-order valence-electron chi connectivity index (χ1n) is 5.56. The number of hydrogen-bond acceptors (Lipinski definition) is 4. The van der Waals surface area contributed by atoms with Gasteiger partial charge < -0.3 is 5.73 Å². The van der Waals surface area contributed by atoms with Crippen LogP contribution in [0.3, 0.4) is 0 Å². The van der Waals surface area contributed by atoms with Gasteiger partial charge in [-0.15, -0.1) is 0 Å². The van der Waals surface area contributed by atoms with Crippen LogP contribution in [0.5, 0.6) is 0 Å². The van der Waals surface area contributed by atoms with E-state index >= 15 is 0 Å². The van der Waals surface area contributed by atoms with E-state index in [2.05, 4.69) is 5.10 Å². The van der Waals surface area contributed by atoms with Crippen LogP contribution >= 0.6 is 0 Å². The Morgan fingerprint density at radius 3 is 2.67 bits per heavy atom. The molecule has 0 amide bonds. The maximum atomic E-state index is 11.0. The molecule has 0 bridgehead atoms. The fourth-order valence-electron chi connectivity index (χ4n) is 1.91. The number of rotatable bonds is 3. The molecule has 0 saturated heterocycles. The minimum absolute atomic E-state index is 0.0277. The van der Waals surface area contributed by atoms with Gasteiger partial charge in [0.1, 0.15) is 5.69 Å². The van der Waals surface area contributed by atoms with Crippen LogP contribution in [0, 0.1) is 17.0 Å². The van der Waals surface area contributed by atoms with Gasteiger partial charge in [0.15, 0.2) is 0 Å². The summed E-state index contributed by atoms with van der Waals surface area (Å²) in [5.41, 5.74) is 8.00. The second kappa shape index (κ2) is 4.58. The summed E-state index contributed by atoms with van der Waals surface area (Å²) >= 11 is 0. The van der Waals surface area contributed by atoms with Crippen LogP contribution in [-0.4, -0.2) is 14.7 Å². The van der Waals surface area contributed by atoms with Crippen molar-refractivity contribution < 1.29 is 4.92 Å². The van der Waals surface area contributed by atoms with Crippen LogP contribution in [0.25, 0.3) is 5.69 Å². The molecular weight excluding hydrogens is 232 g/mol. The third-order valence-electron chi connectivity index (χ3n) is 2.84. The maximum Gasteiger partial charge on any atom is 0.294 e. The van der Waals surface area contributed by atoms with Crippen molar-refractivity contribution in [3.05, 3.63) is 51.8 Å². The molecule has 1 aromatic heterocycles. The van der Waals surface area contributed by atoms with Crippen LogP contribution in [0.4, 0.5) is 5.69 Å². The SMILES string of the molecule is Cc1c(C(C)N)cnn1-c1ccccc1[N+](=O)[O-]. The molecule has 0 aliphatic heterocycles. The van der Waals surface area contributed by atoms with E-state index in [-0.39, 0.29) is 11.7 Å². The van der Waals surface area contributed by atoms with Gasteiger partial charge in [0.2, 0.25) is 0 Å². The zero-order valence-electron chi connectivity index (χ0n) is 10.2. The van der Waals surface area contributed by atoms with Gasteiger partial charge in [0.05, 0.1) is 11.1 Å². The van der Waals surface area contributed by atoms with Crippen molar-refractivity contribution in [3.63, 3.8) is 0 Å². The molecule has 1 atom stereocenters. The number of nitrogens with two attached hydrogens (primary N) is 1. The average Bonchev–Trinajstić information content (AvgIpc) is 2.71. The number of nitro groups is 1. The number of aromatic nitrogens is 2. The van der Waals surface area contributed by atoms with Crippen LogP contribution in [0.2, 0.25) is 0 Å². The van der Waals surface area contributed by atoms with Crippen molar-refractivity contribution in [3.8, 4) is 5.69 Å². The Bertz CT molecular complexity index is 590. The highest BCUT2D eigenvalue weighted by Gasteiger charge is 2.18. The van der Waals surface area contributed by atoms with E-state index < -0.39 is 4.92 Å². The molecule has 6 nitrogen and oxygen atoms in total. The van der Waals surface area contributed by atoms with Crippen molar-refractivity contribution in [1.29, 1.82) is 0 Å². The minimum atomic E-state index is -0.415. The Morgan fingerprint density at radius 1 is 1.44 bits per heavy atom. The summed E-state index contributed by atoms with van der Waals surface area (Å²) < 4.78 is 1.55. The Hall–Kier alpha value is -2.21. The fourth-order valence-corrected chi connectivity index (χ4v) is 1.91. The van der Waals surface area contributed by atoms with Crippen molar-refractivity contribution in [2.24, 2.45) is 5.73 Å². The molecule has 1 heterocycles. The highest BCUT2D eigenvalue weighted by molar-refractivity contribution is 5.52. The largest absolute Gasteiger partial charge is 0.324 e. The van der Waals surface area contributed by atoms with E-state index in [4.69, 9.17) is 5.73 Å². The number of benzene rings is 1. The van der Waals surface area contributed by atoms with Crippen molar-refractivity contribution in [1.82, 2.24) is 9.78 Å². The zero-order valence-corrected chi connectivity index (χ0v) is 10.2. The normalized spacial score (nSPS) is 12.4. The van der Waals surface area contributed by atoms with Crippen LogP contribution in [0.15, 0.2) is 30.5 Å². The fraction of sp³-hybridized carbons (Fsp3) is 0.250. The van der Waals surface area contributed by atoms with Crippen molar-refractivity contribution in [2.45, 2.75) is 19.9 Å². The van der Waals surface area contributed by atoms with E-state index in [0.29, 0.717) is 5.69 Å². The highest BCUT2D eigenvalue weighted by Crippen LogP contribution is 2.25. The summed E-state index contributed by atoms with van der Waals surface area (Å²) in [4.78, 5) is 10.6. The minimum Gasteiger partial charge on any atom is -0.324 e. The van der Waals surface area contributed by atoms with Crippen molar-refractivity contribution >= 4 is 5.69 Å². The summed E-state index contributed by atoms with van der Waals surface area (Å²) in [6.45, 7) is 3.70. The molecule has 0 aliphatic rings. The summed E-state index contributed by atoms with van der Waals surface area (Å²) in [5, 5.41) is 15.2. The van der Waals surface area contributed by atoms with Crippen LogP contribution in [0.1, 0.15) is 24.2 Å². The Kier molecular flexibility index (Phi) is 3.12. The summed E-state index contributed by atoms with van der Waals surface area (Å²) in [5.74, 6) is 0. The number of nitrogens with zero attached hydrogens (tertiary/aromatic N) is 3. The molecule has 0 spiro atoms. The van der Waals surface area contributed by atoms with E-state index in [1.54, 1.807) is 29.1 Å². The summed E-state index contributed by atoms with van der Waals surface area (Å²) in [6.07, 6.45) is 1.65. The first-order valence-corrected chi connectivity index (χ1v) is 5.56. The van der Waals surface area contributed by atoms with E-state index in [9.17, 15) is 10.1 Å². The monoisotopic (exact) mass is 246 g/mol. The van der Waals surface area contributed by atoms with Crippen LogP contribution < -0.4 is 5.73 Å². The van der Waals surface area contributed by atoms with Gasteiger partial charge in [-0.2, -0.15) is 5.10 Å². The molecule has 0 saturated carbocycles. The van der Waals surface area contributed by atoms with Gasteiger partial charge in [-0.3, -0.25) is 10.1 Å². The topological polar surface area (TPSA) is 87.0 Å². The van der Waals surface area contributed by atoms with Gasteiger partial charge >= 0.3 is 0 Å². The number of para-hydroxylation sites is 2. The Labute approximate surface area is 104 Å². The first kappa shape index (κ1) is 12.3. The number of nitro benzene ring substituents is 1. The molecule has 1 aromatic carbocycles. The summed E-state index contributed by atoms with van der Waals surface area (Å²) in [7, 11) is 0. The average molecular weight is 246 g/mol. The van der Waals surface area contributed by atoms with E-state index in [1.807, 2.05) is 13.8 Å². The lowest BCUT2D eigenvalue weighted by molar-refractivity contribution is -0.384. The predicted molar refractivity (Wildman–Crippen MR) is 67.6 cm³/mol. The van der Waals surface area contributed by atoms with Gasteiger partial charge in [0, 0.05) is 23.4 Å². The predicted octanol–water partition coefficient (Wildman–Crippen LogP) is 2.11. The molecule has 0 aliphatic carbocycles. The molecule has 2 N–H and O–H groups in total. The lowest BCUT2D eigenvalue weighted by Crippen LogP contribution is -2.08. The second-order valence-electron chi connectivity index (χ2n) is 4.13. The van der Waals surface area contributed by atoms with Gasteiger partial charge in [-0.1, -0.05) is 12.1 Å². The molecule has 2 aromatic rings. The van der Waals surface area contributed by atoms with Crippen molar-refractivity contribution in [2.75, 3.05) is 0 Å². The third kappa shape index (κ3) is 1.98. The zero-order chi connectivity index (χ0) is 13.3. The third-order valence-corrected chi connectivity index (χ3v) is 2.84. The smallest absolute Gasteiger partial charge is 0.294 e. The lowest BCUT2D eigenvalue weighted by Gasteiger charge is -2.07. The number of hydrogen-bond donors (Lipinski definition) is 1. The second-order valence-corrected chi connectivity index (χ2v) is 4.13. The highest BCUT2D eigenvalue weighted by atomic mass is 16.6. The summed E-state index contributed by atoms with van der Waals surface area (Å²) in [6, 6.07) is 6.36. The molecule has 1 unspecified atom stereocenters. The van der Waals surface area contributed by atoms with Gasteiger partial charge in [-0.05, 0) is 19.9 Å². The Morgan fingerprint density at radius 2 is 2.11 bits per heavy atom. The first-order chi connectivity index (χ1) is 8.52. The Balaban J connectivity index is 2.59. The molecule has 18 heavy (non-hydrogen) atoms. The van der Waals surface area contributed by atoms with E-state index in [1.165, 1.54) is 6.07 Å². The molecule has 6 heteroatoms. The van der Waals surface area contributed by atoms with Gasteiger partial charge in [0.25, 0.3) is 5.69 Å². The quantitative estimate of drug-likeness (QED) is 0.663. The molecular formula is C12H14N4O2. The molecule has 2 rings (SSSR count). The molecule has 94 valence electrons. The standard InChI is InChI=1S/C12H14N4O2/c1-8(13)10-7-14-15(9(10)2)11-5-3-4-6-12(11)16(17)18/h3-8H,13H2,1-2H3. The molecule has 0 radical (unpaired) electrons. The molecule has 0 fully saturated rings. The maximum absolute atomic E-state index is 11.0. The lowest BCUT2D eigenvalue weighted by atomic mass is 10.1.